The first-order valence-corrected chi connectivity index (χ1v) is 11.6. The Kier molecular flexibility index (Phi) is 6.59. The third kappa shape index (κ3) is 4.85. The lowest BCUT2D eigenvalue weighted by Gasteiger charge is -2.40. The fraction of sp³-hybridized carbons (Fsp3) is 0.640. The zero-order valence-corrected chi connectivity index (χ0v) is 18.3. The van der Waals surface area contributed by atoms with E-state index in [1.54, 1.807) is 0 Å². The average molecular weight is 396 g/mol. The van der Waals surface area contributed by atoms with Crippen molar-refractivity contribution in [3.05, 3.63) is 41.5 Å². The third-order valence-corrected chi connectivity index (χ3v) is 7.34. The van der Waals surface area contributed by atoms with E-state index in [4.69, 9.17) is 0 Å². The van der Waals surface area contributed by atoms with Gasteiger partial charge in [-0.25, -0.2) is 0 Å². The summed E-state index contributed by atoms with van der Waals surface area (Å²) in [5.41, 5.74) is 4.05. The summed E-state index contributed by atoms with van der Waals surface area (Å²) in [4.78, 5) is 20.3. The second-order valence-corrected chi connectivity index (χ2v) is 9.26. The smallest absolute Gasteiger partial charge is 0.225 e. The van der Waals surface area contributed by atoms with Gasteiger partial charge in [0.25, 0.3) is 0 Å². The molecule has 3 aliphatic rings. The Hall–Kier alpha value is -1.81. The SMILES string of the molecule is Cc1cccc(N2CCN(C(=O)C3CCN(C[C@@H]4CC=CCC4)CC3)CC2)c1C. The Bertz CT molecular complexity index is 728. The predicted octanol–water partition coefficient (Wildman–Crippen LogP) is 4.02. The van der Waals surface area contributed by atoms with Gasteiger partial charge in [0.2, 0.25) is 5.91 Å². The number of piperidine rings is 1. The van der Waals surface area contributed by atoms with Gasteiger partial charge >= 0.3 is 0 Å². The van der Waals surface area contributed by atoms with Crippen molar-refractivity contribution in [1.82, 2.24) is 9.80 Å². The van der Waals surface area contributed by atoms with Crippen LogP contribution in [0.2, 0.25) is 0 Å². The number of nitrogens with zero attached hydrogens (tertiary/aromatic N) is 3. The molecule has 0 radical (unpaired) electrons. The van der Waals surface area contributed by atoms with Crippen molar-refractivity contribution < 1.29 is 4.79 Å². The average Bonchev–Trinajstić information content (AvgIpc) is 2.77. The highest BCUT2D eigenvalue weighted by Crippen LogP contribution is 2.27. The minimum absolute atomic E-state index is 0.241. The number of carbonyl (C=O) groups excluding carboxylic acids is 1. The minimum Gasteiger partial charge on any atom is -0.368 e. The van der Waals surface area contributed by atoms with Gasteiger partial charge in [-0.1, -0.05) is 24.3 Å². The number of allylic oxidation sites excluding steroid dienone is 2. The number of amides is 1. The van der Waals surface area contributed by atoms with Crippen LogP contribution in [0.1, 0.15) is 43.2 Å². The summed E-state index contributed by atoms with van der Waals surface area (Å²) in [5, 5.41) is 0. The van der Waals surface area contributed by atoms with Gasteiger partial charge in [-0.15, -0.1) is 0 Å². The van der Waals surface area contributed by atoms with E-state index >= 15 is 0 Å². The van der Waals surface area contributed by atoms with E-state index in [0.717, 1.165) is 58.0 Å². The lowest BCUT2D eigenvalue weighted by Crippen LogP contribution is -2.52. The van der Waals surface area contributed by atoms with Gasteiger partial charge in [0.15, 0.2) is 0 Å². The zero-order valence-electron chi connectivity index (χ0n) is 18.3. The van der Waals surface area contributed by atoms with E-state index in [2.05, 4.69) is 58.9 Å². The molecule has 158 valence electrons. The molecule has 1 atom stereocenters. The summed E-state index contributed by atoms with van der Waals surface area (Å²) in [6.45, 7) is 11.4. The number of carbonyl (C=O) groups is 1. The number of aryl methyl sites for hydroxylation is 1. The molecule has 4 rings (SSSR count). The first kappa shape index (κ1) is 20.5. The van der Waals surface area contributed by atoms with Crippen LogP contribution in [0.15, 0.2) is 30.4 Å². The summed E-state index contributed by atoms with van der Waals surface area (Å²) in [7, 11) is 0. The molecule has 1 aromatic carbocycles. The number of piperazine rings is 1. The molecule has 0 N–H and O–H groups in total. The highest BCUT2D eigenvalue weighted by atomic mass is 16.2. The molecule has 2 aliphatic heterocycles. The first-order valence-electron chi connectivity index (χ1n) is 11.6. The molecular weight excluding hydrogens is 358 g/mol. The molecule has 2 saturated heterocycles. The Morgan fingerprint density at radius 3 is 2.41 bits per heavy atom. The maximum atomic E-state index is 13.1. The van der Waals surface area contributed by atoms with Crippen LogP contribution in [0.3, 0.4) is 0 Å². The molecule has 1 amide bonds. The van der Waals surface area contributed by atoms with Gasteiger partial charge in [-0.05, 0) is 82.2 Å². The summed E-state index contributed by atoms with van der Waals surface area (Å²) in [6.07, 6.45) is 10.6. The Labute approximate surface area is 176 Å². The number of likely N-dealkylation sites (tertiary alicyclic amines) is 1. The molecule has 4 heteroatoms. The fourth-order valence-electron chi connectivity index (χ4n) is 5.25. The monoisotopic (exact) mass is 395 g/mol. The predicted molar refractivity (Wildman–Crippen MR) is 120 cm³/mol. The van der Waals surface area contributed by atoms with Gasteiger partial charge in [-0.2, -0.15) is 0 Å². The molecule has 2 fully saturated rings. The molecule has 2 heterocycles. The number of rotatable bonds is 4. The van der Waals surface area contributed by atoms with Gasteiger partial charge in [0, 0.05) is 44.3 Å². The van der Waals surface area contributed by atoms with Gasteiger partial charge < -0.3 is 14.7 Å². The van der Waals surface area contributed by atoms with E-state index in [-0.39, 0.29) is 5.92 Å². The largest absolute Gasteiger partial charge is 0.368 e. The molecule has 4 nitrogen and oxygen atoms in total. The van der Waals surface area contributed by atoms with Crippen LogP contribution in [0.4, 0.5) is 5.69 Å². The van der Waals surface area contributed by atoms with E-state index in [1.165, 1.54) is 42.6 Å². The van der Waals surface area contributed by atoms with E-state index in [1.807, 2.05) is 0 Å². The highest BCUT2D eigenvalue weighted by Gasteiger charge is 2.31. The summed E-state index contributed by atoms with van der Waals surface area (Å²) in [6, 6.07) is 6.54. The molecule has 0 unspecified atom stereocenters. The first-order chi connectivity index (χ1) is 14.1. The molecule has 0 aromatic heterocycles. The van der Waals surface area contributed by atoms with Gasteiger partial charge in [0.05, 0.1) is 0 Å². The molecule has 0 spiro atoms. The second kappa shape index (κ2) is 9.34. The molecule has 0 saturated carbocycles. The van der Waals surface area contributed by atoms with E-state index in [9.17, 15) is 4.79 Å². The van der Waals surface area contributed by atoms with E-state index in [0.29, 0.717) is 5.91 Å². The summed E-state index contributed by atoms with van der Waals surface area (Å²) in [5.74, 6) is 1.47. The van der Waals surface area contributed by atoms with Crippen molar-refractivity contribution in [2.24, 2.45) is 11.8 Å². The lowest BCUT2D eigenvalue weighted by atomic mass is 9.91. The molecule has 0 bridgehead atoms. The normalized spacial score (nSPS) is 24.1. The highest BCUT2D eigenvalue weighted by molar-refractivity contribution is 5.79. The number of hydrogen-bond acceptors (Lipinski definition) is 3. The molecule has 1 aliphatic carbocycles. The zero-order chi connectivity index (χ0) is 20.2. The van der Waals surface area contributed by atoms with Crippen molar-refractivity contribution in [3.63, 3.8) is 0 Å². The topological polar surface area (TPSA) is 26.8 Å². The van der Waals surface area contributed by atoms with Gasteiger partial charge in [-0.3, -0.25) is 4.79 Å². The minimum atomic E-state index is 0.241. The van der Waals surface area contributed by atoms with Crippen molar-refractivity contribution in [2.45, 2.75) is 46.0 Å². The van der Waals surface area contributed by atoms with Crippen molar-refractivity contribution >= 4 is 11.6 Å². The summed E-state index contributed by atoms with van der Waals surface area (Å²) < 4.78 is 0. The molecule has 29 heavy (non-hydrogen) atoms. The Balaban J connectivity index is 1.24. The van der Waals surface area contributed by atoms with Crippen molar-refractivity contribution in [3.8, 4) is 0 Å². The number of benzene rings is 1. The van der Waals surface area contributed by atoms with Crippen LogP contribution in [0.5, 0.6) is 0 Å². The number of anilines is 1. The van der Waals surface area contributed by atoms with Crippen LogP contribution >= 0.6 is 0 Å². The maximum Gasteiger partial charge on any atom is 0.225 e. The Morgan fingerprint density at radius 2 is 1.72 bits per heavy atom. The quantitative estimate of drug-likeness (QED) is 0.721. The van der Waals surface area contributed by atoms with Crippen molar-refractivity contribution in [2.75, 3.05) is 50.7 Å². The maximum absolute atomic E-state index is 13.1. The van der Waals surface area contributed by atoms with Crippen molar-refractivity contribution in [1.29, 1.82) is 0 Å². The van der Waals surface area contributed by atoms with Gasteiger partial charge in [0.1, 0.15) is 0 Å². The fourth-order valence-corrected chi connectivity index (χ4v) is 5.25. The second-order valence-electron chi connectivity index (χ2n) is 9.26. The number of hydrogen-bond donors (Lipinski definition) is 0. The summed E-state index contributed by atoms with van der Waals surface area (Å²) >= 11 is 0. The van der Waals surface area contributed by atoms with Crippen LogP contribution in [0, 0.1) is 25.7 Å². The van der Waals surface area contributed by atoms with Crippen LogP contribution < -0.4 is 4.90 Å². The Morgan fingerprint density at radius 1 is 0.966 bits per heavy atom. The van der Waals surface area contributed by atoms with Crippen LogP contribution in [-0.2, 0) is 4.79 Å². The van der Waals surface area contributed by atoms with Crippen LogP contribution in [-0.4, -0.2) is 61.5 Å². The third-order valence-electron chi connectivity index (χ3n) is 7.34. The van der Waals surface area contributed by atoms with Crippen LogP contribution in [0.25, 0.3) is 0 Å². The molecular formula is C25H37N3O. The lowest BCUT2D eigenvalue weighted by molar-refractivity contribution is -0.137. The standard InChI is InChI=1S/C25H37N3O/c1-20-7-6-10-24(21(20)2)27-15-17-28(18-16-27)25(29)23-11-13-26(14-12-23)19-22-8-4-3-5-9-22/h3-4,6-7,10,22-23H,5,8-9,11-19H2,1-2H3/t22-/m1/s1. The van der Waals surface area contributed by atoms with E-state index < -0.39 is 0 Å². The molecule has 1 aromatic rings.